The van der Waals surface area contributed by atoms with Crippen LogP contribution in [0.2, 0.25) is 0 Å². The Labute approximate surface area is 174 Å². The van der Waals surface area contributed by atoms with Crippen LogP contribution in [0.25, 0.3) is 11.0 Å². The minimum atomic E-state index is -3.63. The Kier molecular flexibility index (Phi) is 5.66. The monoisotopic (exact) mass is 432 g/mol. The number of piperidine rings is 1. The summed E-state index contributed by atoms with van der Waals surface area (Å²) < 4.78 is 54.9. The van der Waals surface area contributed by atoms with Gasteiger partial charge < -0.3 is 5.32 Å². The predicted molar refractivity (Wildman–Crippen MR) is 111 cm³/mol. The Morgan fingerprint density at radius 2 is 1.87 bits per heavy atom. The molecule has 6 nitrogen and oxygen atoms in total. The average Bonchev–Trinajstić information content (AvgIpc) is 2.73. The lowest BCUT2D eigenvalue weighted by molar-refractivity contribution is 0.261. The van der Waals surface area contributed by atoms with Crippen LogP contribution >= 0.6 is 0 Å². The molecule has 0 bridgehead atoms. The van der Waals surface area contributed by atoms with Gasteiger partial charge in [-0.05, 0) is 31.4 Å². The van der Waals surface area contributed by atoms with Gasteiger partial charge in [0.05, 0.1) is 22.1 Å². The Morgan fingerprint density at radius 3 is 2.63 bits per heavy atom. The molecule has 3 aromatic rings. The molecule has 0 amide bonds. The summed E-state index contributed by atoms with van der Waals surface area (Å²) in [6.07, 6.45) is 3.89. The first kappa shape index (κ1) is 20.6. The van der Waals surface area contributed by atoms with Crippen LogP contribution < -0.4 is 5.32 Å². The fourth-order valence-electron chi connectivity index (χ4n) is 3.78. The fraction of sp³-hybridized carbons (Fsp3) is 0.333. The summed E-state index contributed by atoms with van der Waals surface area (Å²) in [7, 11) is -3.63. The fourth-order valence-corrected chi connectivity index (χ4v) is 5.70. The maximum absolute atomic E-state index is 13.5. The van der Waals surface area contributed by atoms with Crippen LogP contribution in [0.5, 0.6) is 0 Å². The molecule has 158 valence electrons. The van der Waals surface area contributed by atoms with Gasteiger partial charge in [-0.2, -0.15) is 4.31 Å². The van der Waals surface area contributed by atoms with Gasteiger partial charge in [0.15, 0.2) is 11.6 Å². The zero-order chi connectivity index (χ0) is 21.3. The normalized spacial score (nSPS) is 17.9. The number of anilines is 1. The number of fused-ring (bicyclic) bond motifs is 1. The number of nitrogens with one attached hydrogen (secondary N) is 1. The Bertz CT molecular complexity index is 1190. The zero-order valence-electron chi connectivity index (χ0n) is 16.5. The molecule has 9 heteroatoms. The second-order valence-electron chi connectivity index (χ2n) is 7.42. The first-order chi connectivity index (χ1) is 14.4. The Hall–Kier alpha value is -2.65. The number of hydrogen-bond donors (Lipinski definition) is 1. The zero-order valence-corrected chi connectivity index (χ0v) is 17.3. The van der Waals surface area contributed by atoms with Crippen molar-refractivity contribution in [3.63, 3.8) is 0 Å². The SMILES string of the molecule is Cc1ccccc1S(=O)(=O)N1CCCCC1CNc1cnc2cc(F)c(F)cc2n1. The first-order valence-corrected chi connectivity index (χ1v) is 11.2. The second kappa shape index (κ2) is 8.23. The van der Waals surface area contributed by atoms with Crippen molar-refractivity contribution in [3.8, 4) is 0 Å². The highest BCUT2D eigenvalue weighted by atomic mass is 32.2. The summed E-state index contributed by atoms with van der Waals surface area (Å²) in [5.41, 5.74) is 1.19. The van der Waals surface area contributed by atoms with Crippen molar-refractivity contribution >= 4 is 26.9 Å². The number of sulfonamides is 1. The van der Waals surface area contributed by atoms with E-state index in [9.17, 15) is 17.2 Å². The van der Waals surface area contributed by atoms with E-state index in [1.165, 1.54) is 6.20 Å². The third-order valence-electron chi connectivity index (χ3n) is 5.36. The molecule has 0 radical (unpaired) electrons. The largest absolute Gasteiger partial charge is 0.367 e. The quantitative estimate of drug-likeness (QED) is 0.662. The highest BCUT2D eigenvalue weighted by Gasteiger charge is 2.34. The molecule has 0 aliphatic carbocycles. The molecule has 1 aliphatic rings. The lowest BCUT2D eigenvalue weighted by Gasteiger charge is -2.35. The highest BCUT2D eigenvalue weighted by Crippen LogP contribution is 2.27. The smallest absolute Gasteiger partial charge is 0.243 e. The summed E-state index contributed by atoms with van der Waals surface area (Å²) in [5, 5.41) is 3.11. The molecule has 1 fully saturated rings. The number of rotatable bonds is 5. The van der Waals surface area contributed by atoms with Crippen LogP contribution in [0.4, 0.5) is 14.6 Å². The van der Waals surface area contributed by atoms with Crippen molar-refractivity contribution in [2.24, 2.45) is 0 Å². The molecule has 30 heavy (non-hydrogen) atoms. The standard InChI is InChI=1S/C21H22F2N4O2S/c1-14-6-2-3-8-20(14)30(28,29)27-9-5-4-7-15(27)12-25-21-13-24-18-10-16(22)17(23)11-19(18)26-21/h2-3,6,8,10-11,13,15H,4-5,7,9,12H2,1H3,(H,25,26). The van der Waals surface area contributed by atoms with E-state index in [1.807, 2.05) is 6.07 Å². The van der Waals surface area contributed by atoms with Gasteiger partial charge in [0.25, 0.3) is 0 Å². The van der Waals surface area contributed by atoms with Crippen molar-refractivity contribution < 1.29 is 17.2 Å². The molecule has 2 heterocycles. The van der Waals surface area contributed by atoms with Gasteiger partial charge in [0.2, 0.25) is 10.0 Å². The predicted octanol–water partition coefficient (Wildman–Crippen LogP) is 3.87. The van der Waals surface area contributed by atoms with E-state index in [2.05, 4.69) is 15.3 Å². The molecule has 1 saturated heterocycles. The van der Waals surface area contributed by atoms with E-state index < -0.39 is 21.7 Å². The molecule has 0 spiro atoms. The van der Waals surface area contributed by atoms with Crippen LogP contribution in [-0.4, -0.2) is 41.8 Å². The van der Waals surface area contributed by atoms with Gasteiger partial charge in [0, 0.05) is 31.3 Å². The lowest BCUT2D eigenvalue weighted by Crippen LogP contribution is -2.47. The molecule has 1 aromatic heterocycles. The summed E-state index contributed by atoms with van der Waals surface area (Å²) in [6.45, 7) is 2.59. The number of aromatic nitrogens is 2. The molecule has 2 aromatic carbocycles. The second-order valence-corrected chi connectivity index (χ2v) is 9.28. The number of halogens is 2. The Balaban J connectivity index is 1.55. The van der Waals surface area contributed by atoms with Gasteiger partial charge in [-0.15, -0.1) is 0 Å². The van der Waals surface area contributed by atoms with Crippen molar-refractivity contribution in [1.29, 1.82) is 0 Å². The van der Waals surface area contributed by atoms with E-state index in [4.69, 9.17) is 0 Å². The highest BCUT2D eigenvalue weighted by molar-refractivity contribution is 7.89. The van der Waals surface area contributed by atoms with E-state index >= 15 is 0 Å². The third kappa shape index (κ3) is 3.99. The molecule has 1 aliphatic heterocycles. The van der Waals surface area contributed by atoms with E-state index in [1.54, 1.807) is 29.4 Å². The van der Waals surface area contributed by atoms with E-state index in [0.717, 1.165) is 31.4 Å². The van der Waals surface area contributed by atoms with E-state index in [0.29, 0.717) is 29.4 Å². The topological polar surface area (TPSA) is 75.2 Å². The number of nitrogens with zero attached hydrogens (tertiary/aromatic N) is 3. The number of hydrogen-bond acceptors (Lipinski definition) is 5. The van der Waals surface area contributed by atoms with Crippen LogP contribution in [0.1, 0.15) is 24.8 Å². The minimum Gasteiger partial charge on any atom is -0.367 e. The van der Waals surface area contributed by atoms with Crippen molar-refractivity contribution in [2.45, 2.75) is 37.1 Å². The first-order valence-electron chi connectivity index (χ1n) is 9.79. The molecule has 1 atom stereocenters. The Morgan fingerprint density at radius 1 is 1.13 bits per heavy atom. The summed E-state index contributed by atoms with van der Waals surface area (Å²) >= 11 is 0. The maximum Gasteiger partial charge on any atom is 0.243 e. The molecule has 4 rings (SSSR count). The number of benzene rings is 2. The molecule has 1 unspecified atom stereocenters. The maximum atomic E-state index is 13.5. The molecule has 0 saturated carbocycles. The van der Waals surface area contributed by atoms with Gasteiger partial charge in [-0.3, -0.25) is 4.98 Å². The van der Waals surface area contributed by atoms with Crippen LogP contribution in [0, 0.1) is 18.6 Å². The average molecular weight is 432 g/mol. The summed E-state index contributed by atoms with van der Waals surface area (Å²) in [6, 6.07) is 8.71. The number of aryl methyl sites for hydroxylation is 1. The third-order valence-corrected chi connectivity index (χ3v) is 7.47. The molecular weight excluding hydrogens is 410 g/mol. The minimum absolute atomic E-state index is 0.229. The van der Waals surface area contributed by atoms with Gasteiger partial charge >= 0.3 is 0 Å². The van der Waals surface area contributed by atoms with Gasteiger partial charge in [-0.25, -0.2) is 22.2 Å². The van der Waals surface area contributed by atoms with Gasteiger partial charge in [-0.1, -0.05) is 24.6 Å². The van der Waals surface area contributed by atoms with E-state index in [-0.39, 0.29) is 17.1 Å². The summed E-state index contributed by atoms with van der Waals surface area (Å²) in [4.78, 5) is 8.70. The molecular formula is C21H22F2N4O2S. The summed E-state index contributed by atoms with van der Waals surface area (Å²) in [5.74, 6) is -1.58. The van der Waals surface area contributed by atoms with Crippen LogP contribution in [0.3, 0.4) is 0 Å². The van der Waals surface area contributed by atoms with Crippen molar-refractivity contribution in [2.75, 3.05) is 18.4 Å². The van der Waals surface area contributed by atoms with Crippen molar-refractivity contribution in [3.05, 3.63) is 59.8 Å². The van der Waals surface area contributed by atoms with Crippen LogP contribution in [-0.2, 0) is 10.0 Å². The van der Waals surface area contributed by atoms with Crippen molar-refractivity contribution in [1.82, 2.24) is 14.3 Å². The van der Waals surface area contributed by atoms with Gasteiger partial charge in [0.1, 0.15) is 5.82 Å². The lowest BCUT2D eigenvalue weighted by atomic mass is 10.1. The van der Waals surface area contributed by atoms with Crippen LogP contribution in [0.15, 0.2) is 47.5 Å². The molecule has 1 N–H and O–H groups in total.